The van der Waals surface area contributed by atoms with Crippen molar-refractivity contribution in [1.29, 1.82) is 0 Å². The van der Waals surface area contributed by atoms with Crippen molar-refractivity contribution in [3.63, 3.8) is 0 Å². The van der Waals surface area contributed by atoms with Crippen LogP contribution in [0.3, 0.4) is 0 Å². The van der Waals surface area contributed by atoms with Crippen LogP contribution in [0, 0.1) is 5.92 Å². The first-order valence-electron chi connectivity index (χ1n) is 8.31. The van der Waals surface area contributed by atoms with Gasteiger partial charge in [-0.3, -0.25) is 4.90 Å². The number of nitrogens with zero attached hydrogens (tertiary/aromatic N) is 1. The van der Waals surface area contributed by atoms with Crippen molar-refractivity contribution in [1.82, 2.24) is 10.2 Å². The zero-order valence-electron chi connectivity index (χ0n) is 12.5. The normalized spacial score (nSPS) is 33.8. The average molecular weight is 252 g/mol. The highest BCUT2D eigenvalue weighted by Crippen LogP contribution is 2.31. The third-order valence-electron chi connectivity index (χ3n) is 5.08. The molecule has 0 aromatic rings. The molecule has 0 spiro atoms. The molecule has 1 aliphatic heterocycles. The predicted molar refractivity (Wildman–Crippen MR) is 78.9 cm³/mol. The average Bonchev–Trinajstić information content (AvgIpc) is 2.46. The lowest BCUT2D eigenvalue weighted by Gasteiger charge is -2.43. The minimum atomic E-state index is 0.821. The first kappa shape index (κ1) is 14.3. The molecule has 1 saturated carbocycles. The van der Waals surface area contributed by atoms with E-state index in [1.807, 2.05) is 0 Å². The van der Waals surface area contributed by atoms with Crippen molar-refractivity contribution in [3.05, 3.63) is 0 Å². The van der Waals surface area contributed by atoms with E-state index < -0.39 is 0 Å². The summed E-state index contributed by atoms with van der Waals surface area (Å²) in [5.41, 5.74) is 0. The molecule has 1 atom stereocenters. The second-order valence-electron chi connectivity index (χ2n) is 6.32. The van der Waals surface area contributed by atoms with Gasteiger partial charge in [-0.15, -0.1) is 0 Å². The minimum absolute atomic E-state index is 0.821. The molecule has 2 rings (SSSR count). The number of hydrogen-bond donors (Lipinski definition) is 1. The Morgan fingerprint density at radius 3 is 2.33 bits per heavy atom. The van der Waals surface area contributed by atoms with Crippen LogP contribution in [0.5, 0.6) is 0 Å². The fourth-order valence-electron chi connectivity index (χ4n) is 3.92. The Balaban J connectivity index is 1.88. The number of nitrogens with one attached hydrogen (secondary N) is 1. The molecular weight excluding hydrogens is 220 g/mol. The van der Waals surface area contributed by atoms with Crippen LogP contribution in [-0.2, 0) is 0 Å². The van der Waals surface area contributed by atoms with E-state index >= 15 is 0 Å². The SMILES string of the molecule is CCCN(C1CCC(CC)CC1)C1CCCNC1. The van der Waals surface area contributed by atoms with E-state index in [1.54, 1.807) is 0 Å². The highest BCUT2D eigenvalue weighted by atomic mass is 15.2. The van der Waals surface area contributed by atoms with Crippen LogP contribution in [0.25, 0.3) is 0 Å². The van der Waals surface area contributed by atoms with Gasteiger partial charge in [-0.05, 0) is 64.0 Å². The Kier molecular flexibility index (Phi) is 5.97. The second-order valence-corrected chi connectivity index (χ2v) is 6.32. The zero-order chi connectivity index (χ0) is 12.8. The van der Waals surface area contributed by atoms with Gasteiger partial charge in [0.1, 0.15) is 0 Å². The maximum absolute atomic E-state index is 3.59. The lowest BCUT2D eigenvalue weighted by molar-refractivity contribution is 0.0762. The van der Waals surface area contributed by atoms with Crippen molar-refractivity contribution >= 4 is 0 Å². The number of rotatable bonds is 5. The maximum Gasteiger partial charge on any atom is 0.0224 e. The van der Waals surface area contributed by atoms with Gasteiger partial charge in [0.05, 0.1) is 0 Å². The van der Waals surface area contributed by atoms with Gasteiger partial charge in [0.2, 0.25) is 0 Å². The molecule has 0 amide bonds. The fourth-order valence-corrected chi connectivity index (χ4v) is 3.92. The largest absolute Gasteiger partial charge is 0.315 e. The first-order chi connectivity index (χ1) is 8.85. The Bertz CT molecular complexity index is 215. The fraction of sp³-hybridized carbons (Fsp3) is 1.00. The zero-order valence-corrected chi connectivity index (χ0v) is 12.5. The van der Waals surface area contributed by atoms with Crippen molar-refractivity contribution in [2.24, 2.45) is 5.92 Å². The summed E-state index contributed by atoms with van der Waals surface area (Å²) in [4.78, 5) is 2.86. The summed E-state index contributed by atoms with van der Waals surface area (Å²) in [7, 11) is 0. The van der Waals surface area contributed by atoms with Crippen molar-refractivity contribution in [2.45, 2.75) is 77.3 Å². The van der Waals surface area contributed by atoms with E-state index in [0.717, 1.165) is 18.0 Å². The Morgan fingerprint density at radius 2 is 1.78 bits per heavy atom. The van der Waals surface area contributed by atoms with Crippen LogP contribution in [0.15, 0.2) is 0 Å². The van der Waals surface area contributed by atoms with E-state index in [-0.39, 0.29) is 0 Å². The molecular formula is C16H32N2. The lowest BCUT2D eigenvalue weighted by Crippen LogP contribution is -2.51. The second kappa shape index (κ2) is 7.49. The third-order valence-corrected chi connectivity index (χ3v) is 5.08. The molecule has 0 aromatic heterocycles. The van der Waals surface area contributed by atoms with Gasteiger partial charge in [0.25, 0.3) is 0 Å². The van der Waals surface area contributed by atoms with E-state index in [1.165, 1.54) is 71.0 Å². The maximum atomic E-state index is 3.59. The topological polar surface area (TPSA) is 15.3 Å². The molecule has 1 aliphatic carbocycles. The smallest absolute Gasteiger partial charge is 0.0224 e. The van der Waals surface area contributed by atoms with Crippen molar-refractivity contribution in [3.8, 4) is 0 Å². The van der Waals surface area contributed by atoms with Crippen LogP contribution < -0.4 is 5.32 Å². The van der Waals surface area contributed by atoms with Gasteiger partial charge in [-0.1, -0.05) is 20.3 Å². The Hall–Kier alpha value is -0.0800. The predicted octanol–water partition coefficient (Wildman–Crippen LogP) is 3.42. The van der Waals surface area contributed by atoms with Crippen molar-refractivity contribution < 1.29 is 0 Å². The molecule has 1 heterocycles. The number of piperidine rings is 1. The molecule has 1 saturated heterocycles. The van der Waals surface area contributed by atoms with Crippen LogP contribution in [0.1, 0.15) is 65.2 Å². The van der Waals surface area contributed by atoms with Crippen LogP contribution in [0.4, 0.5) is 0 Å². The monoisotopic (exact) mass is 252 g/mol. The molecule has 2 fully saturated rings. The third kappa shape index (κ3) is 3.71. The van der Waals surface area contributed by atoms with Crippen LogP contribution in [0.2, 0.25) is 0 Å². The van der Waals surface area contributed by atoms with Gasteiger partial charge in [-0.2, -0.15) is 0 Å². The Labute approximate surface area is 114 Å². The summed E-state index contributed by atoms with van der Waals surface area (Å²) in [5, 5.41) is 3.59. The van der Waals surface area contributed by atoms with Crippen LogP contribution in [-0.4, -0.2) is 36.6 Å². The Morgan fingerprint density at radius 1 is 1.00 bits per heavy atom. The van der Waals surface area contributed by atoms with Gasteiger partial charge in [-0.25, -0.2) is 0 Å². The van der Waals surface area contributed by atoms with Crippen LogP contribution >= 0.6 is 0 Å². The van der Waals surface area contributed by atoms with Gasteiger partial charge >= 0.3 is 0 Å². The number of hydrogen-bond acceptors (Lipinski definition) is 2. The minimum Gasteiger partial charge on any atom is -0.315 e. The summed E-state index contributed by atoms with van der Waals surface area (Å²) < 4.78 is 0. The molecule has 1 N–H and O–H groups in total. The summed E-state index contributed by atoms with van der Waals surface area (Å²) in [5.74, 6) is 1.02. The molecule has 2 aliphatic rings. The summed E-state index contributed by atoms with van der Waals surface area (Å²) in [6, 6.07) is 1.71. The molecule has 0 radical (unpaired) electrons. The van der Waals surface area contributed by atoms with E-state index in [9.17, 15) is 0 Å². The molecule has 0 bridgehead atoms. The standard InChI is InChI=1S/C16H32N2/c1-3-12-18(16-6-5-11-17-13-16)15-9-7-14(4-2)8-10-15/h14-17H,3-13H2,1-2H3. The molecule has 1 unspecified atom stereocenters. The first-order valence-corrected chi connectivity index (χ1v) is 8.31. The molecule has 106 valence electrons. The molecule has 2 heteroatoms. The van der Waals surface area contributed by atoms with E-state index in [0.29, 0.717) is 0 Å². The molecule has 18 heavy (non-hydrogen) atoms. The van der Waals surface area contributed by atoms with Crippen molar-refractivity contribution in [2.75, 3.05) is 19.6 Å². The summed E-state index contributed by atoms with van der Waals surface area (Å²) in [6.45, 7) is 8.47. The highest BCUT2D eigenvalue weighted by Gasteiger charge is 2.29. The van der Waals surface area contributed by atoms with Gasteiger partial charge in [0.15, 0.2) is 0 Å². The lowest BCUT2D eigenvalue weighted by atomic mass is 9.83. The van der Waals surface area contributed by atoms with Gasteiger partial charge < -0.3 is 5.32 Å². The van der Waals surface area contributed by atoms with E-state index in [4.69, 9.17) is 0 Å². The van der Waals surface area contributed by atoms with E-state index in [2.05, 4.69) is 24.1 Å². The summed E-state index contributed by atoms with van der Waals surface area (Å²) >= 11 is 0. The summed E-state index contributed by atoms with van der Waals surface area (Å²) in [6.07, 6.45) is 11.3. The van der Waals surface area contributed by atoms with Gasteiger partial charge in [0, 0.05) is 18.6 Å². The quantitative estimate of drug-likeness (QED) is 0.806. The highest BCUT2D eigenvalue weighted by molar-refractivity contribution is 4.86. The molecule has 2 nitrogen and oxygen atoms in total. The molecule has 0 aromatic carbocycles.